The smallest absolute Gasteiger partial charge is 0.234 e. The minimum atomic E-state index is 1.23. The topological polar surface area (TPSA) is 8.81 Å². The number of aromatic nitrogens is 2. The van der Waals surface area contributed by atoms with Crippen molar-refractivity contribution in [1.29, 1.82) is 0 Å². The normalized spacial score (nSPS) is 11.6. The molecule has 0 unspecified atom stereocenters. The fourth-order valence-corrected chi connectivity index (χ4v) is 6.86. The summed E-state index contributed by atoms with van der Waals surface area (Å²) in [5.74, 6) is 1.62. The first-order valence-electron chi connectivity index (χ1n) is 20.4. The van der Waals surface area contributed by atoms with Gasteiger partial charge in [0.1, 0.15) is 12.4 Å². The largest absolute Gasteiger partial charge is 0.256 e. The molecule has 0 amide bonds. The van der Waals surface area contributed by atoms with Crippen LogP contribution in [0.15, 0.2) is 12.4 Å². The van der Waals surface area contributed by atoms with Crippen molar-refractivity contribution in [3.8, 4) is 0 Å². The fraction of sp³-hybridized carbons (Fsp3) is 0.927. The first-order valence-corrected chi connectivity index (χ1v) is 20.4. The van der Waals surface area contributed by atoms with Crippen LogP contribution in [0.25, 0.3) is 0 Å². The first-order chi connectivity index (χ1) is 21.3. The molecule has 1 aromatic rings. The lowest BCUT2D eigenvalue weighted by atomic mass is 10.0. The van der Waals surface area contributed by atoms with Gasteiger partial charge in [0.25, 0.3) is 5.82 Å². The maximum atomic E-state index is 2.63. The standard InChI is InChI=1S/C41H81N2/c1-4-7-10-13-15-17-19-21-23-25-27-29-32-35-38-43-40-39-42(41(43)36-33-30-12-9-6-3)37-34-31-28-26-24-22-20-18-16-14-11-8-5-2/h39-40H,4-38H2,1-3H3/q+1. The van der Waals surface area contributed by atoms with Crippen LogP contribution in [-0.4, -0.2) is 4.57 Å². The van der Waals surface area contributed by atoms with Crippen LogP contribution in [0, 0.1) is 0 Å². The summed E-state index contributed by atoms with van der Waals surface area (Å²) in [4.78, 5) is 0. The summed E-state index contributed by atoms with van der Waals surface area (Å²) in [6.45, 7) is 9.41. The lowest BCUT2D eigenvalue weighted by Crippen LogP contribution is -2.37. The average Bonchev–Trinajstić information content (AvgIpc) is 3.40. The van der Waals surface area contributed by atoms with Crippen LogP contribution in [0.1, 0.15) is 232 Å². The molecule has 0 fully saturated rings. The van der Waals surface area contributed by atoms with E-state index in [0.29, 0.717) is 0 Å². The van der Waals surface area contributed by atoms with Crippen molar-refractivity contribution in [2.75, 3.05) is 0 Å². The molecule has 0 aliphatic carbocycles. The van der Waals surface area contributed by atoms with Gasteiger partial charge >= 0.3 is 0 Å². The second kappa shape index (κ2) is 32.6. The number of aryl methyl sites for hydroxylation is 2. The molecule has 254 valence electrons. The van der Waals surface area contributed by atoms with E-state index in [1.165, 1.54) is 225 Å². The highest BCUT2D eigenvalue weighted by Gasteiger charge is 2.16. The Labute approximate surface area is 272 Å². The van der Waals surface area contributed by atoms with Crippen molar-refractivity contribution >= 4 is 0 Å². The molecule has 2 nitrogen and oxygen atoms in total. The van der Waals surface area contributed by atoms with Crippen LogP contribution in [-0.2, 0) is 19.5 Å². The average molecular weight is 602 g/mol. The summed E-state index contributed by atoms with van der Waals surface area (Å²) in [7, 11) is 0. The zero-order valence-corrected chi connectivity index (χ0v) is 30.3. The summed E-state index contributed by atoms with van der Waals surface area (Å²) >= 11 is 0. The van der Waals surface area contributed by atoms with E-state index in [0.717, 1.165) is 0 Å². The first kappa shape index (κ1) is 40.2. The van der Waals surface area contributed by atoms with Gasteiger partial charge in [0, 0.05) is 6.42 Å². The van der Waals surface area contributed by atoms with Crippen molar-refractivity contribution in [3.63, 3.8) is 0 Å². The maximum Gasteiger partial charge on any atom is 0.256 e. The van der Waals surface area contributed by atoms with Crippen molar-refractivity contribution in [3.05, 3.63) is 18.2 Å². The number of rotatable bonds is 35. The van der Waals surface area contributed by atoms with Crippen LogP contribution in [0.2, 0.25) is 0 Å². The van der Waals surface area contributed by atoms with E-state index >= 15 is 0 Å². The number of hydrogen-bond donors (Lipinski definition) is 0. The van der Waals surface area contributed by atoms with Crippen LogP contribution in [0.4, 0.5) is 0 Å². The third-order valence-corrected chi connectivity index (χ3v) is 9.85. The third kappa shape index (κ3) is 25.1. The van der Waals surface area contributed by atoms with Crippen molar-refractivity contribution in [2.24, 2.45) is 0 Å². The Hall–Kier alpha value is -0.790. The number of nitrogens with zero attached hydrogens (tertiary/aromatic N) is 2. The van der Waals surface area contributed by atoms with Crippen molar-refractivity contribution in [1.82, 2.24) is 4.57 Å². The van der Waals surface area contributed by atoms with E-state index in [1.807, 2.05) is 0 Å². The van der Waals surface area contributed by atoms with Crippen LogP contribution in [0.5, 0.6) is 0 Å². The predicted molar refractivity (Wildman–Crippen MR) is 193 cm³/mol. The van der Waals surface area contributed by atoms with Crippen molar-refractivity contribution < 1.29 is 4.57 Å². The maximum absolute atomic E-state index is 2.63. The van der Waals surface area contributed by atoms with Gasteiger partial charge < -0.3 is 0 Å². The zero-order valence-electron chi connectivity index (χ0n) is 30.3. The molecule has 0 N–H and O–H groups in total. The highest BCUT2D eigenvalue weighted by molar-refractivity contribution is 4.84. The van der Waals surface area contributed by atoms with E-state index < -0.39 is 0 Å². The highest BCUT2D eigenvalue weighted by Crippen LogP contribution is 2.15. The Morgan fingerprint density at radius 2 is 0.721 bits per heavy atom. The second-order valence-electron chi connectivity index (χ2n) is 14.1. The lowest BCUT2D eigenvalue weighted by molar-refractivity contribution is -0.704. The predicted octanol–water partition coefficient (Wildman–Crippen LogP) is 13.9. The molecule has 0 aliphatic heterocycles. The van der Waals surface area contributed by atoms with Gasteiger partial charge in [-0.25, -0.2) is 9.13 Å². The monoisotopic (exact) mass is 602 g/mol. The molecular formula is C41H81N2+. The molecule has 43 heavy (non-hydrogen) atoms. The minimum Gasteiger partial charge on any atom is -0.234 e. The highest BCUT2D eigenvalue weighted by atomic mass is 15.1. The molecule has 0 radical (unpaired) electrons. The SMILES string of the molecule is CCCCCCCCCCCCCCCCn1cc[n+](CCCCCCCCCCCCCCC)c1CCCCCCC. The summed E-state index contributed by atoms with van der Waals surface area (Å²) in [5, 5.41) is 0. The van der Waals surface area contributed by atoms with Crippen LogP contribution < -0.4 is 4.57 Å². The molecule has 0 saturated heterocycles. The summed E-state index contributed by atoms with van der Waals surface area (Å²) in [5.41, 5.74) is 0. The van der Waals surface area contributed by atoms with Gasteiger partial charge in [-0.2, -0.15) is 0 Å². The van der Waals surface area contributed by atoms with Gasteiger partial charge in [-0.1, -0.05) is 194 Å². The van der Waals surface area contributed by atoms with Gasteiger partial charge in [-0.15, -0.1) is 0 Å². The van der Waals surface area contributed by atoms with Gasteiger partial charge in [0.05, 0.1) is 13.1 Å². The molecular weight excluding hydrogens is 520 g/mol. The molecule has 0 atom stereocenters. The molecule has 0 aliphatic rings. The molecule has 0 bridgehead atoms. The van der Waals surface area contributed by atoms with Crippen LogP contribution >= 0.6 is 0 Å². The van der Waals surface area contributed by atoms with E-state index in [2.05, 4.69) is 42.3 Å². The summed E-state index contributed by atoms with van der Waals surface area (Å²) < 4.78 is 5.25. The Morgan fingerprint density at radius 3 is 1.12 bits per heavy atom. The van der Waals surface area contributed by atoms with Gasteiger partial charge in [0.2, 0.25) is 0 Å². The van der Waals surface area contributed by atoms with Crippen LogP contribution in [0.3, 0.4) is 0 Å². The van der Waals surface area contributed by atoms with E-state index in [9.17, 15) is 0 Å². The molecule has 1 aromatic heterocycles. The fourth-order valence-electron chi connectivity index (χ4n) is 6.86. The molecule has 0 saturated carbocycles. The number of unbranched alkanes of at least 4 members (excludes halogenated alkanes) is 29. The molecule has 1 rings (SSSR count). The van der Waals surface area contributed by atoms with E-state index in [-0.39, 0.29) is 0 Å². The Bertz CT molecular complexity index is 663. The Balaban J connectivity index is 2.18. The number of hydrogen-bond acceptors (Lipinski definition) is 0. The molecule has 1 heterocycles. The Morgan fingerprint density at radius 1 is 0.395 bits per heavy atom. The third-order valence-electron chi connectivity index (χ3n) is 9.85. The Kier molecular flexibility index (Phi) is 30.5. The quantitative estimate of drug-likeness (QED) is 0.0540. The zero-order chi connectivity index (χ0) is 30.9. The van der Waals surface area contributed by atoms with Gasteiger partial charge in [-0.3, -0.25) is 0 Å². The summed E-state index contributed by atoms with van der Waals surface area (Å²) in [6.07, 6.45) is 51.9. The lowest BCUT2D eigenvalue weighted by Gasteiger charge is -2.07. The second-order valence-corrected chi connectivity index (χ2v) is 14.1. The molecule has 2 heteroatoms. The van der Waals surface area contributed by atoms with Crippen molar-refractivity contribution in [2.45, 2.75) is 246 Å². The minimum absolute atomic E-state index is 1.23. The van der Waals surface area contributed by atoms with E-state index in [4.69, 9.17) is 0 Å². The molecule has 0 aromatic carbocycles. The molecule has 0 spiro atoms. The number of imidazole rings is 1. The summed E-state index contributed by atoms with van der Waals surface area (Å²) in [6, 6.07) is 0. The van der Waals surface area contributed by atoms with E-state index in [1.54, 1.807) is 5.82 Å². The van der Waals surface area contributed by atoms with Gasteiger partial charge in [0.15, 0.2) is 0 Å². The van der Waals surface area contributed by atoms with Gasteiger partial charge in [-0.05, 0) is 32.1 Å².